The zero-order valence-electron chi connectivity index (χ0n) is 20.7. The Morgan fingerprint density at radius 2 is 1.17 bits per heavy atom. The van der Waals surface area contributed by atoms with Crippen molar-refractivity contribution >= 4 is 11.9 Å². The first-order chi connectivity index (χ1) is 17.5. The molecule has 1 amide bonds. The average molecular weight is 478 g/mol. The van der Waals surface area contributed by atoms with Crippen molar-refractivity contribution in [2.45, 2.75) is 31.2 Å². The van der Waals surface area contributed by atoms with Gasteiger partial charge in [-0.05, 0) is 34.7 Å². The van der Waals surface area contributed by atoms with Crippen molar-refractivity contribution < 1.29 is 14.3 Å². The van der Waals surface area contributed by atoms with E-state index in [2.05, 4.69) is 41.7 Å². The lowest BCUT2D eigenvalue weighted by atomic mass is 9.67. The summed E-state index contributed by atoms with van der Waals surface area (Å²) >= 11 is 0. The van der Waals surface area contributed by atoms with Gasteiger partial charge in [0.1, 0.15) is 6.04 Å². The zero-order valence-corrected chi connectivity index (χ0v) is 20.7. The van der Waals surface area contributed by atoms with Gasteiger partial charge in [-0.15, -0.1) is 0 Å². The molecular formula is C32H31NO3. The highest BCUT2D eigenvalue weighted by atomic mass is 16.5. The predicted octanol–water partition coefficient (Wildman–Crippen LogP) is 5.62. The third kappa shape index (κ3) is 5.38. The number of carbonyl (C=O) groups is 2. The molecule has 182 valence electrons. The van der Waals surface area contributed by atoms with Gasteiger partial charge in [-0.3, -0.25) is 4.79 Å². The summed E-state index contributed by atoms with van der Waals surface area (Å²) in [6, 6.07) is 37.2. The molecule has 0 fully saturated rings. The normalized spacial score (nSPS) is 11.9. The molecule has 0 spiro atoms. The van der Waals surface area contributed by atoms with E-state index in [0.717, 1.165) is 27.8 Å². The fraction of sp³-hybridized carbons (Fsp3) is 0.188. The molecule has 4 nitrogen and oxygen atoms in total. The lowest BCUT2D eigenvalue weighted by molar-refractivity contribution is -0.145. The second-order valence-corrected chi connectivity index (χ2v) is 8.95. The lowest BCUT2D eigenvalue weighted by Gasteiger charge is -2.36. The molecule has 0 bridgehead atoms. The standard InChI is InChI=1S/C32H31NO3/c1-24-14-12-13-15-25(24)22-29(31(35)36-2)33-30(34)23-32(26-16-6-3-7-17-26,27-18-8-4-9-19-27)28-20-10-5-11-21-28/h3-21,29H,22-23H2,1-2H3,(H,33,34)/t29-/m1/s1. The molecule has 36 heavy (non-hydrogen) atoms. The van der Waals surface area contributed by atoms with E-state index in [9.17, 15) is 9.59 Å². The molecular weight excluding hydrogens is 446 g/mol. The Labute approximate surface area is 213 Å². The number of hydrogen-bond acceptors (Lipinski definition) is 3. The van der Waals surface area contributed by atoms with Gasteiger partial charge in [0, 0.05) is 12.8 Å². The Morgan fingerprint density at radius 1 is 0.722 bits per heavy atom. The van der Waals surface area contributed by atoms with Crippen LogP contribution >= 0.6 is 0 Å². The minimum Gasteiger partial charge on any atom is -0.467 e. The lowest BCUT2D eigenvalue weighted by Crippen LogP contribution is -2.46. The quantitative estimate of drug-likeness (QED) is 0.251. The van der Waals surface area contributed by atoms with Crippen molar-refractivity contribution in [3.05, 3.63) is 143 Å². The van der Waals surface area contributed by atoms with Crippen molar-refractivity contribution in [3.63, 3.8) is 0 Å². The number of benzene rings is 4. The highest BCUT2D eigenvalue weighted by molar-refractivity contribution is 5.86. The molecule has 4 aromatic rings. The molecule has 0 aliphatic rings. The van der Waals surface area contributed by atoms with E-state index in [4.69, 9.17) is 4.74 Å². The van der Waals surface area contributed by atoms with Crippen LogP contribution in [0.1, 0.15) is 34.2 Å². The summed E-state index contributed by atoms with van der Waals surface area (Å²) < 4.78 is 5.06. The number of esters is 1. The minimum atomic E-state index is -0.788. The van der Waals surface area contributed by atoms with E-state index in [1.165, 1.54) is 7.11 Å². The van der Waals surface area contributed by atoms with Gasteiger partial charge in [0.25, 0.3) is 0 Å². The SMILES string of the molecule is COC(=O)[C@@H](Cc1ccccc1C)NC(=O)CC(c1ccccc1)(c1ccccc1)c1ccccc1. The Kier molecular flexibility index (Phi) is 7.96. The van der Waals surface area contributed by atoms with Crippen LogP contribution in [0.4, 0.5) is 0 Å². The first kappa shape index (κ1) is 24.9. The number of aryl methyl sites for hydroxylation is 1. The predicted molar refractivity (Wildman–Crippen MR) is 143 cm³/mol. The Balaban J connectivity index is 1.74. The van der Waals surface area contributed by atoms with Crippen LogP contribution in [-0.2, 0) is 26.2 Å². The van der Waals surface area contributed by atoms with E-state index in [0.29, 0.717) is 6.42 Å². The number of methoxy groups -OCH3 is 1. The fourth-order valence-electron chi connectivity index (χ4n) is 4.85. The molecule has 4 rings (SSSR count). The molecule has 0 aliphatic carbocycles. The third-order valence-electron chi connectivity index (χ3n) is 6.73. The smallest absolute Gasteiger partial charge is 0.328 e. The van der Waals surface area contributed by atoms with Gasteiger partial charge in [-0.1, -0.05) is 115 Å². The van der Waals surface area contributed by atoms with Crippen LogP contribution in [-0.4, -0.2) is 25.0 Å². The molecule has 4 heteroatoms. The molecule has 1 N–H and O–H groups in total. The summed E-state index contributed by atoms with van der Waals surface area (Å²) in [5, 5.41) is 2.99. The van der Waals surface area contributed by atoms with Crippen LogP contribution in [0.25, 0.3) is 0 Å². The number of ether oxygens (including phenoxy) is 1. The number of rotatable bonds is 9. The summed E-state index contributed by atoms with van der Waals surface area (Å²) in [4.78, 5) is 26.5. The monoisotopic (exact) mass is 477 g/mol. The minimum absolute atomic E-state index is 0.131. The zero-order chi connectivity index (χ0) is 25.4. The second kappa shape index (κ2) is 11.5. The van der Waals surface area contributed by atoms with E-state index in [1.807, 2.05) is 85.8 Å². The fourth-order valence-corrected chi connectivity index (χ4v) is 4.85. The molecule has 0 heterocycles. The molecule has 0 saturated carbocycles. The van der Waals surface area contributed by atoms with Gasteiger partial charge in [-0.2, -0.15) is 0 Å². The van der Waals surface area contributed by atoms with Crippen molar-refractivity contribution in [1.29, 1.82) is 0 Å². The highest BCUT2D eigenvalue weighted by Gasteiger charge is 2.39. The second-order valence-electron chi connectivity index (χ2n) is 8.95. The van der Waals surface area contributed by atoms with Gasteiger partial charge in [-0.25, -0.2) is 4.79 Å². The van der Waals surface area contributed by atoms with Gasteiger partial charge in [0.2, 0.25) is 5.91 Å². The molecule has 0 aliphatic heterocycles. The molecule has 0 radical (unpaired) electrons. The van der Waals surface area contributed by atoms with E-state index < -0.39 is 17.4 Å². The van der Waals surface area contributed by atoms with Crippen LogP contribution < -0.4 is 5.32 Å². The molecule has 0 unspecified atom stereocenters. The first-order valence-corrected chi connectivity index (χ1v) is 12.1. The molecule has 1 atom stereocenters. The molecule has 4 aromatic carbocycles. The largest absolute Gasteiger partial charge is 0.467 e. The van der Waals surface area contributed by atoms with Crippen LogP contribution in [0.15, 0.2) is 115 Å². The summed E-state index contributed by atoms with van der Waals surface area (Å²) in [7, 11) is 1.35. The Hall–Kier alpha value is -4.18. The number of hydrogen-bond donors (Lipinski definition) is 1. The van der Waals surface area contributed by atoms with E-state index >= 15 is 0 Å². The molecule has 0 saturated heterocycles. The van der Waals surface area contributed by atoms with Crippen molar-refractivity contribution in [2.75, 3.05) is 7.11 Å². The number of nitrogens with one attached hydrogen (secondary N) is 1. The maximum absolute atomic E-state index is 13.8. The van der Waals surface area contributed by atoms with E-state index in [-0.39, 0.29) is 12.3 Å². The number of carbonyl (C=O) groups excluding carboxylic acids is 2. The van der Waals surface area contributed by atoms with Crippen LogP contribution in [0.3, 0.4) is 0 Å². The van der Waals surface area contributed by atoms with Crippen LogP contribution in [0.5, 0.6) is 0 Å². The maximum Gasteiger partial charge on any atom is 0.328 e. The van der Waals surface area contributed by atoms with Crippen molar-refractivity contribution in [1.82, 2.24) is 5.32 Å². The summed E-state index contributed by atoms with van der Waals surface area (Å²) in [5.41, 5.74) is 4.33. The average Bonchev–Trinajstić information content (AvgIpc) is 2.93. The van der Waals surface area contributed by atoms with Crippen LogP contribution in [0.2, 0.25) is 0 Å². The van der Waals surface area contributed by atoms with Gasteiger partial charge in [0.15, 0.2) is 0 Å². The first-order valence-electron chi connectivity index (χ1n) is 12.1. The molecule has 0 aromatic heterocycles. The highest BCUT2D eigenvalue weighted by Crippen LogP contribution is 2.42. The summed E-state index contributed by atoms with van der Waals surface area (Å²) in [6.07, 6.45) is 0.492. The number of amides is 1. The Morgan fingerprint density at radius 3 is 1.61 bits per heavy atom. The third-order valence-corrected chi connectivity index (χ3v) is 6.73. The maximum atomic E-state index is 13.8. The van der Waals surface area contributed by atoms with E-state index in [1.54, 1.807) is 0 Å². The van der Waals surface area contributed by atoms with Crippen molar-refractivity contribution in [3.8, 4) is 0 Å². The topological polar surface area (TPSA) is 55.4 Å². The van der Waals surface area contributed by atoms with Gasteiger partial charge < -0.3 is 10.1 Å². The Bertz CT molecular complexity index is 1190. The van der Waals surface area contributed by atoms with Gasteiger partial charge >= 0.3 is 5.97 Å². The summed E-state index contributed by atoms with van der Waals surface area (Å²) in [5.74, 6) is -0.688. The summed E-state index contributed by atoms with van der Waals surface area (Å²) in [6.45, 7) is 2.00. The van der Waals surface area contributed by atoms with Gasteiger partial charge in [0.05, 0.1) is 12.5 Å². The van der Waals surface area contributed by atoms with Crippen molar-refractivity contribution in [2.24, 2.45) is 0 Å². The van der Waals surface area contributed by atoms with Crippen LogP contribution in [0, 0.1) is 6.92 Å².